The summed E-state index contributed by atoms with van der Waals surface area (Å²) in [6.45, 7) is 6.62. The minimum absolute atomic E-state index is 0.107. The van der Waals surface area contributed by atoms with Crippen molar-refractivity contribution >= 4 is 23.2 Å². The largest absolute Gasteiger partial charge is 0.360 e. The molecule has 0 bridgehead atoms. The smallest absolute Gasteiger partial charge is 0.246 e. The van der Waals surface area contributed by atoms with Crippen LogP contribution in [0, 0.1) is 13.8 Å². The second kappa shape index (κ2) is 6.73. The van der Waals surface area contributed by atoms with Crippen LogP contribution < -0.4 is 5.32 Å². The highest BCUT2D eigenvalue weighted by molar-refractivity contribution is 6.31. The lowest BCUT2D eigenvalue weighted by molar-refractivity contribution is -0.116. The molecule has 2 aromatic heterocycles. The monoisotopic (exact) mass is 311 g/mol. The van der Waals surface area contributed by atoms with Crippen LogP contribution in [-0.2, 0) is 22.8 Å². The first-order chi connectivity index (χ1) is 10.0. The van der Waals surface area contributed by atoms with E-state index in [9.17, 15) is 4.79 Å². The van der Waals surface area contributed by atoms with Crippen molar-refractivity contribution in [2.45, 2.75) is 34.0 Å². The van der Waals surface area contributed by atoms with Gasteiger partial charge in [0.1, 0.15) is 13.3 Å². The number of amides is 1. The van der Waals surface area contributed by atoms with Crippen LogP contribution in [0.5, 0.6) is 0 Å². The molecule has 0 saturated heterocycles. The van der Waals surface area contributed by atoms with E-state index in [4.69, 9.17) is 16.3 Å². The summed E-state index contributed by atoms with van der Waals surface area (Å²) in [5.41, 5.74) is 2.11. The highest BCUT2D eigenvalue weighted by Gasteiger charge is 2.12. The number of carbonyl (C=O) groups is 1. The van der Waals surface area contributed by atoms with Crippen LogP contribution in [0.4, 0.5) is 5.69 Å². The predicted octanol–water partition coefficient (Wildman–Crippen LogP) is 1.98. The van der Waals surface area contributed by atoms with Crippen LogP contribution in [0.2, 0.25) is 5.02 Å². The van der Waals surface area contributed by atoms with Crippen LogP contribution in [0.3, 0.4) is 0 Å². The summed E-state index contributed by atoms with van der Waals surface area (Å²) in [6.07, 6.45) is 3.28. The Morgan fingerprint density at radius 2 is 2.24 bits per heavy atom. The lowest BCUT2D eigenvalue weighted by atomic mass is 10.4. The van der Waals surface area contributed by atoms with Crippen LogP contribution in [0.25, 0.3) is 0 Å². The van der Waals surface area contributed by atoms with Crippen molar-refractivity contribution in [3.63, 3.8) is 0 Å². The van der Waals surface area contributed by atoms with Crippen LogP contribution in [0.1, 0.15) is 18.3 Å². The second-order valence-corrected chi connectivity index (χ2v) is 4.96. The Morgan fingerprint density at radius 1 is 1.48 bits per heavy atom. The molecule has 2 heterocycles. The van der Waals surface area contributed by atoms with Gasteiger partial charge in [-0.05, 0) is 20.8 Å². The van der Waals surface area contributed by atoms with E-state index in [1.54, 1.807) is 21.8 Å². The molecule has 0 aliphatic carbocycles. The minimum atomic E-state index is -0.187. The van der Waals surface area contributed by atoms with Gasteiger partial charge < -0.3 is 10.1 Å². The van der Waals surface area contributed by atoms with Gasteiger partial charge in [0.05, 0.1) is 34.5 Å². The van der Waals surface area contributed by atoms with E-state index < -0.39 is 0 Å². The van der Waals surface area contributed by atoms with E-state index in [0.717, 1.165) is 5.69 Å². The second-order valence-electron chi connectivity index (χ2n) is 4.58. The molecule has 1 N–H and O–H groups in total. The van der Waals surface area contributed by atoms with Gasteiger partial charge in [0.2, 0.25) is 5.91 Å². The molecule has 1 amide bonds. The van der Waals surface area contributed by atoms with E-state index >= 15 is 0 Å². The number of ether oxygens (including phenoxy) is 1. The van der Waals surface area contributed by atoms with Gasteiger partial charge >= 0.3 is 0 Å². The van der Waals surface area contributed by atoms with E-state index in [1.807, 2.05) is 20.8 Å². The van der Waals surface area contributed by atoms with Crippen molar-refractivity contribution < 1.29 is 9.53 Å². The molecule has 0 atom stereocenters. The molecular weight excluding hydrogens is 294 g/mol. The molecule has 114 valence electrons. The average Bonchev–Trinajstić information content (AvgIpc) is 2.98. The van der Waals surface area contributed by atoms with Gasteiger partial charge in [0.25, 0.3) is 0 Å². The molecular formula is C13H18ClN5O2. The van der Waals surface area contributed by atoms with Gasteiger partial charge in [0.15, 0.2) is 0 Å². The highest BCUT2D eigenvalue weighted by atomic mass is 35.5. The topological polar surface area (TPSA) is 74.0 Å². The molecule has 2 rings (SSSR count). The van der Waals surface area contributed by atoms with Gasteiger partial charge in [-0.15, -0.1) is 0 Å². The number of halogens is 1. The Kier molecular flexibility index (Phi) is 4.98. The van der Waals surface area contributed by atoms with Crippen LogP contribution >= 0.6 is 11.6 Å². The number of rotatable bonds is 6. The number of aromatic nitrogens is 4. The molecule has 0 fully saturated rings. The summed E-state index contributed by atoms with van der Waals surface area (Å²) in [6, 6.07) is 0. The number of carbonyl (C=O) groups excluding carboxylic acids is 1. The Morgan fingerprint density at radius 3 is 2.86 bits per heavy atom. The molecule has 21 heavy (non-hydrogen) atoms. The zero-order chi connectivity index (χ0) is 15.4. The van der Waals surface area contributed by atoms with Crippen molar-refractivity contribution in [3.05, 3.63) is 28.8 Å². The fraction of sp³-hybridized carbons (Fsp3) is 0.462. The van der Waals surface area contributed by atoms with Gasteiger partial charge in [-0.2, -0.15) is 10.2 Å². The Labute approximate surface area is 127 Å². The van der Waals surface area contributed by atoms with E-state index in [0.29, 0.717) is 29.7 Å². The summed E-state index contributed by atoms with van der Waals surface area (Å²) in [4.78, 5) is 12.0. The summed E-state index contributed by atoms with van der Waals surface area (Å²) in [5.74, 6) is -0.187. The molecule has 0 unspecified atom stereocenters. The van der Waals surface area contributed by atoms with E-state index in [2.05, 4.69) is 15.5 Å². The van der Waals surface area contributed by atoms with Crippen molar-refractivity contribution in [3.8, 4) is 0 Å². The number of nitrogens with one attached hydrogen (secondary N) is 1. The summed E-state index contributed by atoms with van der Waals surface area (Å²) in [7, 11) is 0. The van der Waals surface area contributed by atoms with Crippen LogP contribution in [-0.4, -0.2) is 32.1 Å². The average molecular weight is 312 g/mol. The van der Waals surface area contributed by atoms with E-state index in [-0.39, 0.29) is 12.5 Å². The highest BCUT2D eigenvalue weighted by Crippen LogP contribution is 2.18. The normalized spacial score (nSPS) is 10.9. The maximum absolute atomic E-state index is 12.0. The molecule has 0 spiro atoms. The van der Waals surface area contributed by atoms with Gasteiger partial charge in [0, 0.05) is 6.61 Å². The Balaban J connectivity index is 1.95. The van der Waals surface area contributed by atoms with Gasteiger partial charge in [-0.25, -0.2) is 4.68 Å². The molecule has 0 aromatic carbocycles. The number of aryl methyl sites for hydroxylation is 1. The SMILES string of the molecule is CCOCn1cc(NC(=O)Cn2nc(C)c(Cl)c2C)cn1. The zero-order valence-corrected chi connectivity index (χ0v) is 13.0. The fourth-order valence-electron chi connectivity index (χ4n) is 1.85. The zero-order valence-electron chi connectivity index (χ0n) is 12.3. The standard InChI is InChI=1S/C13H18ClN5O2/c1-4-21-8-18-6-11(5-15-18)16-12(20)7-19-10(3)13(14)9(2)17-19/h5-6H,4,7-8H2,1-3H3,(H,16,20). The molecule has 0 radical (unpaired) electrons. The van der Waals surface area contributed by atoms with Gasteiger partial charge in [-0.1, -0.05) is 11.6 Å². The van der Waals surface area contributed by atoms with Crippen molar-refractivity contribution in [1.82, 2.24) is 19.6 Å². The van der Waals surface area contributed by atoms with Crippen molar-refractivity contribution in [1.29, 1.82) is 0 Å². The first kappa shape index (κ1) is 15.5. The van der Waals surface area contributed by atoms with Crippen LogP contribution in [0.15, 0.2) is 12.4 Å². The first-order valence-corrected chi connectivity index (χ1v) is 6.98. The number of hydrogen-bond acceptors (Lipinski definition) is 4. The predicted molar refractivity (Wildman–Crippen MR) is 79.2 cm³/mol. The lowest BCUT2D eigenvalue weighted by Gasteiger charge is -2.05. The van der Waals surface area contributed by atoms with Gasteiger partial charge in [-0.3, -0.25) is 9.48 Å². The third kappa shape index (κ3) is 3.83. The lowest BCUT2D eigenvalue weighted by Crippen LogP contribution is -2.20. The quantitative estimate of drug-likeness (QED) is 0.885. The Bertz CT molecular complexity index is 635. The number of anilines is 1. The molecule has 0 aliphatic rings. The Hall–Kier alpha value is -1.86. The minimum Gasteiger partial charge on any atom is -0.360 e. The third-order valence-corrected chi connectivity index (χ3v) is 3.48. The molecule has 0 saturated carbocycles. The maximum Gasteiger partial charge on any atom is 0.246 e. The maximum atomic E-state index is 12.0. The third-order valence-electron chi connectivity index (χ3n) is 2.93. The van der Waals surface area contributed by atoms with Crippen molar-refractivity contribution in [2.75, 3.05) is 11.9 Å². The molecule has 0 aliphatic heterocycles. The number of hydrogen-bond donors (Lipinski definition) is 1. The fourth-order valence-corrected chi connectivity index (χ4v) is 1.98. The van der Waals surface area contributed by atoms with E-state index in [1.165, 1.54) is 0 Å². The summed E-state index contributed by atoms with van der Waals surface area (Å²) < 4.78 is 8.42. The molecule has 7 nitrogen and oxygen atoms in total. The molecule has 8 heteroatoms. The molecule has 2 aromatic rings. The summed E-state index contributed by atoms with van der Waals surface area (Å²) in [5, 5.41) is 11.7. The first-order valence-electron chi connectivity index (χ1n) is 6.60. The summed E-state index contributed by atoms with van der Waals surface area (Å²) >= 11 is 6.05. The number of nitrogens with zero attached hydrogens (tertiary/aromatic N) is 4. The van der Waals surface area contributed by atoms with Crippen molar-refractivity contribution in [2.24, 2.45) is 0 Å².